The minimum absolute atomic E-state index is 0.189. The summed E-state index contributed by atoms with van der Waals surface area (Å²) >= 11 is 0. The van der Waals surface area contributed by atoms with Crippen LogP contribution in [-0.4, -0.2) is 63.1 Å². The number of benzene rings is 1. The third-order valence-corrected chi connectivity index (χ3v) is 7.17. The zero-order chi connectivity index (χ0) is 18.0. The van der Waals surface area contributed by atoms with Gasteiger partial charge < -0.3 is 9.64 Å². The fourth-order valence-corrected chi connectivity index (χ4v) is 5.19. The van der Waals surface area contributed by atoms with Gasteiger partial charge in [-0.15, -0.1) is 0 Å². The summed E-state index contributed by atoms with van der Waals surface area (Å²) in [5.41, 5.74) is 0. The number of halogens is 2. The fraction of sp³-hybridized carbons (Fsp3) is 0.647. The minimum atomic E-state index is -3.78. The van der Waals surface area contributed by atoms with Gasteiger partial charge in [-0.05, 0) is 43.9 Å². The smallest absolute Gasteiger partial charge is 0.243 e. The first kappa shape index (κ1) is 18.7. The number of nitrogens with zero attached hydrogens (tertiary/aromatic N) is 2. The molecule has 3 rings (SSSR count). The normalized spacial score (nSPS) is 22.4. The van der Waals surface area contributed by atoms with Crippen LogP contribution in [0.4, 0.5) is 8.78 Å². The highest BCUT2D eigenvalue weighted by atomic mass is 32.2. The third kappa shape index (κ3) is 4.02. The molecular weight excluding hydrogens is 350 g/mol. The number of hydrogen-bond acceptors (Lipinski definition) is 4. The fourth-order valence-electron chi connectivity index (χ4n) is 3.71. The van der Waals surface area contributed by atoms with Crippen molar-refractivity contribution in [2.24, 2.45) is 0 Å². The molecule has 0 saturated carbocycles. The molecule has 1 aromatic rings. The average molecular weight is 374 g/mol. The molecule has 2 heterocycles. The number of sulfonamides is 1. The van der Waals surface area contributed by atoms with Gasteiger partial charge in [-0.2, -0.15) is 4.31 Å². The first-order chi connectivity index (χ1) is 11.9. The van der Waals surface area contributed by atoms with E-state index in [9.17, 15) is 17.2 Å². The Kier molecular flexibility index (Phi) is 5.72. The van der Waals surface area contributed by atoms with E-state index in [1.54, 1.807) is 7.11 Å². The van der Waals surface area contributed by atoms with E-state index in [-0.39, 0.29) is 4.90 Å². The summed E-state index contributed by atoms with van der Waals surface area (Å²) in [6.45, 7) is 2.74. The van der Waals surface area contributed by atoms with Gasteiger partial charge in [-0.1, -0.05) is 0 Å². The summed E-state index contributed by atoms with van der Waals surface area (Å²) in [6.07, 6.45) is 3.83. The Hall–Kier alpha value is -1.09. The van der Waals surface area contributed by atoms with Gasteiger partial charge >= 0.3 is 0 Å². The second-order valence-corrected chi connectivity index (χ2v) is 8.62. The van der Waals surface area contributed by atoms with Gasteiger partial charge in [-0.25, -0.2) is 17.2 Å². The van der Waals surface area contributed by atoms with Crippen LogP contribution >= 0.6 is 0 Å². The standard InChI is InChI=1S/C17H24F2N2O3S/c1-24-14-6-8-20(9-7-14)13-4-10-21(11-5-13)25(22,23)15-2-3-16(18)17(19)12-15/h2-3,12-14H,4-11H2,1H3. The molecule has 0 N–H and O–H groups in total. The summed E-state index contributed by atoms with van der Waals surface area (Å²) < 4.78 is 58.4. The van der Waals surface area contributed by atoms with Crippen LogP contribution in [0.15, 0.2) is 23.1 Å². The maximum atomic E-state index is 13.4. The molecule has 0 radical (unpaired) electrons. The molecule has 0 bridgehead atoms. The van der Waals surface area contributed by atoms with Gasteiger partial charge in [0.05, 0.1) is 11.0 Å². The van der Waals surface area contributed by atoms with Crippen molar-refractivity contribution in [2.45, 2.75) is 42.7 Å². The summed E-state index contributed by atoms with van der Waals surface area (Å²) in [4.78, 5) is 2.22. The van der Waals surface area contributed by atoms with Crippen LogP contribution in [0.3, 0.4) is 0 Å². The van der Waals surface area contributed by atoms with E-state index >= 15 is 0 Å². The van der Waals surface area contributed by atoms with Crippen LogP contribution in [0.5, 0.6) is 0 Å². The molecule has 8 heteroatoms. The highest BCUT2D eigenvalue weighted by Gasteiger charge is 2.33. The van der Waals surface area contributed by atoms with Crippen LogP contribution in [-0.2, 0) is 14.8 Å². The maximum Gasteiger partial charge on any atom is 0.243 e. The molecule has 0 aromatic heterocycles. The van der Waals surface area contributed by atoms with E-state index in [2.05, 4.69) is 4.90 Å². The van der Waals surface area contributed by atoms with E-state index in [4.69, 9.17) is 4.74 Å². The highest BCUT2D eigenvalue weighted by Crippen LogP contribution is 2.26. The van der Waals surface area contributed by atoms with Crippen molar-refractivity contribution in [1.82, 2.24) is 9.21 Å². The second-order valence-electron chi connectivity index (χ2n) is 6.68. The number of methoxy groups -OCH3 is 1. The van der Waals surface area contributed by atoms with Gasteiger partial charge in [0.25, 0.3) is 0 Å². The van der Waals surface area contributed by atoms with Gasteiger partial charge in [0, 0.05) is 39.3 Å². The van der Waals surface area contributed by atoms with Crippen molar-refractivity contribution in [3.63, 3.8) is 0 Å². The number of piperidine rings is 2. The van der Waals surface area contributed by atoms with Crippen molar-refractivity contribution in [2.75, 3.05) is 33.3 Å². The molecule has 2 aliphatic rings. The minimum Gasteiger partial charge on any atom is -0.381 e. The lowest BCUT2D eigenvalue weighted by atomic mass is 10.00. The Morgan fingerprint density at radius 3 is 2.20 bits per heavy atom. The molecule has 2 saturated heterocycles. The molecule has 0 unspecified atom stereocenters. The van der Waals surface area contributed by atoms with Crippen molar-refractivity contribution in [3.05, 3.63) is 29.8 Å². The molecule has 2 aliphatic heterocycles. The van der Waals surface area contributed by atoms with Crippen molar-refractivity contribution < 1.29 is 21.9 Å². The average Bonchev–Trinajstić information content (AvgIpc) is 2.64. The topological polar surface area (TPSA) is 49.9 Å². The van der Waals surface area contributed by atoms with E-state index in [0.717, 1.165) is 57.0 Å². The Labute approximate surface area is 147 Å². The zero-order valence-corrected chi connectivity index (χ0v) is 15.1. The van der Waals surface area contributed by atoms with E-state index < -0.39 is 21.7 Å². The van der Waals surface area contributed by atoms with E-state index in [1.807, 2.05) is 0 Å². The predicted molar refractivity (Wildman–Crippen MR) is 89.7 cm³/mol. The summed E-state index contributed by atoms with van der Waals surface area (Å²) in [5, 5.41) is 0. The third-order valence-electron chi connectivity index (χ3n) is 5.28. The molecule has 0 aliphatic carbocycles. The van der Waals surface area contributed by atoms with Crippen LogP contribution in [0.25, 0.3) is 0 Å². The number of ether oxygens (including phenoxy) is 1. The Morgan fingerprint density at radius 2 is 1.64 bits per heavy atom. The quantitative estimate of drug-likeness (QED) is 0.811. The number of likely N-dealkylation sites (tertiary alicyclic amines) is 1. The first-order valence-corrected chi connectivity index (χ1v) is 10.1. The maximum absolute atomic E-state index is 13.4. The van der Waals surface area contributed by atoms with Gasteiger partial charge in [0.2, 0.25) is 10.0 Å². The van der Waals surface area contributed by atoms with Crippen molar-refractivity contribution >= 4 is 10.0 Å². The summed E-state index contributed by atoms with van der Waals surface area (Å²) in [6, 6.07) is 3.10. The Bertz CT molecular complexity index is 698. The van der Waals surface area contributed by atoms with Crippen molar-refractivity contribution in [3.8, 4) is 0 Å². The van der Waals surface area contributed by atoms with E-state index in [0.29, 0.717) is 25.2 Å². The van der Waals surface area contributed by atoms with Crippen LogP contribution in [0, 0.1) is 11.6 Å². The summed E-state index contributed by atoms with van der Waals surface area (Å²) in [5.74, 6) is -2.19. The molecular formula is C17H24F2N2O3S. The van der Waals surface area contributed by atoms with Crippen LogP contribution in [0.1, 0.15) is 25.7 Å². The van der Waals surface area contributed by atoms with Crippen LogP contribution < -0.4 is 0 Å². The molecule has 0 amide bonds. The molecule has 2 fully saturated rings. The van der Waals surface area contributed by atoms with Gasteiger partial charge in [-0.3, -0.25) is 0 Å². The predicted octanol–water partition coefficient (Wildman–Crippen LogP) is 2.23. The molecule has 0 atom stereocenters. The molecule has 0 spiro atoms. The molecule has 1 aromatic carbocycles. The Balaban J connectivity index is 1.60. The largest absolute Gasteiger partial charge is 0.381 e. The first-order valence-electron chi connectivity index (χ1n) is 8.64. The molecule has 25 heavy (non-hydrogen) atoms. The van der Waals surface area contributed by atoms with E-state index in [1.165, 1.54) is 4.31 Å². The SMILES string of the molecule is COC1CCN(C2CCN(S(=O)(=O)c3ccc(F)c(F)c3)CC2)CC1. The lowest BCUT2D eigenvalue weighted by Crippen LogP contribution is -2.49. The molecule has 5 nitrogen and oxygen atoms in total. The second kappa shape index (κ2) is 7.65. The lowest BCUT2D eigenvalue weighted by molar-refractivity contribution is 0.0190. The summed E-state index contributed by atoms with van der Waals surface area (Å²) in [7, 11) is -2.04. The van der Waals surface area contributed by atoms with Crippen molar-refractivity contribution in [1.29, 1.82) is 0 Å². The van der Waals surface area contributed by atoms with Gasteiger partial charge in [0.15, 0.2) is 11.6 Å². The Morgan fingerprint density at radius 1 is 1.00 bits per heavy atom. The lowest BCUT2D eigenvalue weighted by Gasteiger charge is -2.41. The molecule has 140 valence electrons. The monoisotopic (exact) mass is 374 g/mol. The highest BCUT2D eigenvalue weighted by molar-refractivity contribution is 7.89. The number of hydrogen-bond donors (Lipinski definition) is 0. The van der Waals surface area contributed by atoms with Crippen LogP contribution in [0.2, 0.25) is 0 Å². The van der Waals surface area contributed by atoms with Gasteiger partial charge in [0.1, 0.15) is 0 Å². The number of rotatable bonds is 4. The zero-order valence-electron chi connectivity index (χ0n) is 14.3.